The molecule has 1 aromatic rings. The summed E-state index contributed by atoms with van der Waals surface area (Å²) in [5, 5.41) is 2.88. The van der Waals surface area contributed by atoms with Gasteiger partial charge in [-0.15, -0.1) is 0 Å². The van der Waals surface area contributed by atoms with Gasteiger partial charge in [0.25, 0.3) is 0 Å². The summed E-state index contributed by atoms with van der Waals surface area (Å²) in [5.41, 5.74) is 0.536. The van der Waals surface area contributed by atoms with Crippen LogP contribution in [0.5, 0.6) is 0 Å². The highest BCUT2D eigenvalue weighted by Gasteiger charge is 2.33. The van der Waals surface area contributed by atoms with Crippen molar-refractivity contribution in [2.75, 3.05) is 0 Å². The molecule has 0 aromatic heterocycles. The van der Waals surface area contributed by atoms with Crippen molar-refractivity contribution >= 4 is 6.41 Å². The van der Waals surface area contributed by atoms with Crippen LogP contribution in [0, 0.1) is 11.7 Å². The van der Waals surface area contributed by atoms with Crippen molar-refractivity contribution in [3.05, 3.63) is 35.6 Å². The van der Waals surface area contributed by atoms with E-state index < -0.39 is 5.54 Å². The minimum absolute atomic E-state index is 0.244. The van der Waals surface area contributed by atoms with E-state index in [0.29, 0.717) is 6.41 Å². The van der Waals surface area contributed by atoms with E-state index >= 15 is 0 Å². The van der Waals surface area contributed by atoms with Gasteiger partial charge in [-0.05, 0) is 30.0 Å². The van der Waals surface area contributed by atoms with Gasteiger partial charge < -0.3 is 5.32 Å². The molecule has 0 aliphatic rings. The van der Waals surface area contributed by atoms with Gasteiger partial charge in [0, 0.05) is 0 Å². The Morgan fingerprint density at radius 2 is 1.94 bits per heavy atom. The van der Waals surface area contributed by atoms with Gasteiger partial charge in [0.1, 0.15) is 5.82 Å². The second kappa shape index (κ2) is 5.10. The molecule has 1 atom stereocenters. The summed E-state index contributed by atoms with van der Waals surface area (Å²) in [6.07, 6.45) is 1.49. The van der Waals surface area contributed by atoms with Crippen LogP contribution in [0.1, 0.15) is 32.8 Å². The number of nitrogens with one attached hydrogen (secondary N) is 1. The van der Waals surface area contributed by atoms with Gasteiger partial charge in [0.05, 0.1) is 5.54 Å². The molecule has 0 saturated carbocycles. The van der Waals surface area contributed by atoms with Crippen LogP contribution in [-0.2, 0) is 10.3 Å². The number of hydrogen-bond acceptors (Lipinski definition) is 1. The van der Waals surface area contributed by atoms with E-state index in [9.17, 15) is 9.18 Å². The molecule has 0 aliphatic carbocycles. The lowest BCUT2D eigenvalue weighted by Gasteiger charge is -2.37. The maximum Gasteiger partial charge on any atom is 0.207 e. The van der Waals surface area contributed by atoms with E-state index in [0.717, 1.165) is 12.0 Å². The van der Waals surface area contributed by atoms with Crippen LogP contribution in [0.2, 0.25) is 0 Å². The summed E-state index contributed by atoms with van der Waals surface area (Å²) in [5.74, 6) is -0.0169. The third kappa shape index (κ3) is 2.23. The summed E-state index contributed by atoms with van der Waals surface area (Å²) in [6.45, 7) is 6.10. The SMILES string of the molecule is CC[C@@](NC=O)(c1ccc(F)cc1)C(C)C. The first-order chi connectivity index (χ1) is 7.56. The first-order valence-electron chi connectivity index (χ1n) is 5.54. The number of carbonyl (C=O) groups excluding carboxylic acids is 1. The average molecular weight is 223 g/mol. The molecule has 16 heavy (non-hydrogen) atoms. The minimum atomic E-state index is -0.407. The Labute approximate surface area is 95.9 Å². The number of halogens is 1. The number of carbonyl (C=O) groups is 1. The van der Waals surface area contributed by atoms with E-state index in [2.05, 4.69) is 5.32 Å². The highest BCUT2D eigenvalue weighted by molar-refractivity contribution is 5.50. The fourth-order valence-corrected chi connectivity index (χ4v) is 2.15. The summed E-state index contributed by atoms with van der Waals surface area (Å²) in [7, 11) is 0. The van der Waals surface area contributed by atoms with Gasteiger partial charge in [0.2, 0.25) is 6.41 Å². The van der Waals surface area contributed by atoms with Crippen LogP contribution in [0.3, 0.4) is 0 Å². The molecule has 0 heterocycles. The van der Waals surface area contributed by atoms with E-state index in [1.807, 2.05) is 20.8 Å². The lowest BCUT2D eigenvalue weighted by atomic mass is 9.78. The molecule has 0 radical (unpaired) electrons. The lowest BCUT2D eigenvalue weighted by Crippen LogP contribution is -2.45. The standard InChI is InChI=1S/C13H18FNO/c1-4-13(10(2)3,15-9-16)11-5-7-12(14)8-6-11/h5-10H,4H2,1-3H3,(H,15,16)/t13-/m0/s1. The summed E-state index contributed by atoms with van der Waals surface area (Å²) < 4.78 is 12.9. The zero-order valence-corrected chi connectivity index (χ0v) is 9.96. The molecule has 2 nitrogen and oxygen atoms in total. The molecule has 0 unspecified atom stereocenters. The number of benzene rings is 1. The monoisotopic (exact) mass is 223 g/mol. The molecule has 1 rings (SSSR count). The molecule has 88 valence electrons. The van der Waals surface area contributed by atoms with Crippen molar-refractivity contribution in [1.29, 1.82) is 0 Å². The Morgan fingerprint density at radius 1 is 1.38 bits per heavy atom. The van der Waals surface area contributed by atoms with Gasteiger partial charge in [-0.2, -0.15) is 0 Å². The third-order valence-electron chi connectivity index (χ3n) is 3.22. The Kier molecular flexibility index (Phi) is 4.05. The van der Waals surface area contributed by atoms with Crippen LogP contribution < -0.4 is 5.32 Å². The predicted molar refractivity (Wildman–Crippen MR) is 62.4 cm³/mol. The molecule has 0 bridgehead atoms. The van der Waals surface area contributed by atoms with Crippen molar-refractivity contribution in [3.8, 4) is 0 Å². The second-order valence-corrected chi connectivity index (χ2v) is 4.25. The van der Waals surface area contributed by atoms with Crippen LogP contribution in [0.25, 0.3) is 0 Å². The minimum Gasteiger partial charge on any atom is -0.349 e. The smallest absolute Gasteiger partial charge is 0.207 e. The van der Waals surface area contributed by atoms with Gasteiger partial charge in [0.15, 0.2) is 0 Å². The third-order valence-corrected chi connectivity index (χ3v) is 3.22. The molecule has 0 aliphatic heterocycles. The van der Waals surface area contributed by atoms with E-state index in [-0.39, 0.29) is 11.7 Å². The van der Waals surface area contributed by atoms with Crippen molar-refractivity contribution in [2.24, 2.45) is 5.92 Å². The van der Waals surface area contributed by atoms with Gasteiger partial charge >= 0.3 is 0 Å². The maximum atomic E-state index is 12.9. The topological polar surface area (TPSA) is 29.1 Å². The number of rotatable bonds is 5. The first kappa shape index (κ1) is 12.7. The fraction of sp³-hybridized carbons (Fsp3) is 0.462. The Balaban J connectivity index is 3.18. The second-order valence-electron chi connectivity index (χ2n) is 4.25. The van der Waals surface area contributed by atoms with Gasteiger partial charge in [-0.3, -0.25) is 4.79 Å². The molecular formula is C13H18FNO. The zero-order valence-electron chi connectivity index (χ0n) is 9.96. The molecular weight excluding hydrogens is 205 g/mol. The van der Waals surface area contributed by atoms with Crippen LogP contribution >= 0.6 is 0 Å². The highest BCUT2D eigenvalue weighted by atomic mass is 19.1. The molecule has 1 amide bonds. The molecule has 1 N–H and O–H groups in total. The fourth-order valence-electron chi connectivity index (χ4n) is 2.15. The first-order valence-corrected chi connectivity index (χ1v) is 5.54. The summed E-state index contributed by atoms with van der Waals surface area (Å²) in [6, 6.07) is 6.31. The van der Waals surface area contributed by atoms with Crippen molar-refractivity contribution < 1.29 is 9.18 Å². The largest absolute Gasteiger partial charge is 0.349 e. The lowest BCUT2D eigenvalue weighted by molar-refractivity contribution is -0.112. The Bertz CT molecular complexity index is 347. The zero-order chi connectivity index (χ0) is 12.2. The van der Waals surface area contributed by atoms with Crippen molar-refractivity contribution in [3.63, 3.8) is 0 Å². The summed E-state index contributed by atoms with van der Waals surface area (Å²) >= 11 is 0. The van der Waals surface area contributed by atoms with Gasteiger partial charge in [-0.1, -0.05) is 32.9 Å². The maximum absolute atomic E-state index is 12.9. The van der Waals surface area contributed by atoms with Crippen LogP contribution in [0.15, 0.2) is 24.3 Å². The Hall–Kier alpha value is -1.38. The van der Waals surface area contributed by atoms with Crippen molar-refractivity contribution in [1.82, 2.24) is 5.32 Å². The quantitative estimate of drug-likeness (QED) is 0.764. The molecule has 3 heteroatoms. The van der Waals surface area contributed by atoms with E-state index in [4.69, 9.17) is 0 Å². The van der Waals surface area contributed by atoms with Crippen molar-refractivity contribution in [2.45, 2.75) is 32.7 Å². The molecule has 1 aromatic carbocycles. The van der Waals surface area contributed by atoms with E-state index in [1.165, 1.54) is 12.1 Å². The molecule has 0 spiro atoms. The van der Waals surface area contributed by atoms with Gasteiger partial charge in [-0.25, -0.2) is 4.39 Å². The molecule has 0 fully saturated rings. The number of amides is 1. The summed E-state index contributed by atoms with van der Waals surface area (Å²) in [4.78, 5) is 10.7. The normalized spacial score (nSPS) is 14.6. The Morgan fingerprint density at radius 3 is 2.31 bits per heavy atom. The van der Waals surface area contributed by atoms with Crippen LogP contribution in [0.4, 0.5) is 4.39 Å². The van der Waals surface area contributed by atoms with E-state index in [1.54, 1.807) is 12.1 Å². The molecule has 0 saturated heterocycles. The average Bonchev–Trinajstić information content (AvgIpc) is 2.27. The highest BCUT2D eigenvalue weighted by Crippen LogP contribution is 2.32. The predicted octanol–water partition coefficient (Wildman–Crippen LogP) is 2.83. The number of hydrogen-bond donors (Lipinski definition) is 1. The van der Waals surface area contributed by atoms with Crippen LogP contribution in [-0.4, -0.2) is 6.41 Å².